The van der Waals surface area contributed by atoms with Crippen molar-refractivity contribution < 1.29 is 23.1 Å². The highest BCUT2D eigenvalue weighted by atomic mass is 32.2. The molecule has 0 radical (unpaired) electrons. The summed E-state index contributed by atoms with van der Waals surface area (Å²) in [5.41, 5.74) is 1.77. The zero-order chi connectivity index (χ0) is 19.8. The van der Waals surface area contributed by atoms with E-state index in [1.54, 1.807) is 41.3 Å². The largest absolute Gasteiger partial charge is 0.480 e. The van der Waals surface area contributed by atoms with E-state index in [1.807, 2.05) is 6.92 Å². The van der Waals surface area contributed by atoms with Gasteiger partial charge in [0.25, 0.3) is 0 Å². The minimum Gasteiger partial charge on any atom is -0.480 e. The number of fused-ring (bicyclic) bond motifs is 1. The van der Waals surface area contributed by atoms with Crippen LogP contribution in [0, 0.1) is 0 Å². The SMILES string of the molecule is CC(=O)N1c2ccc(S(=O)(=O)N[C@H](C(=O)O)c3ccccc3)cc2CC1C. The fourth-order valence-corrected chi connectivity index (χ4v) is 4.61. The summed E-state index contributed by atoms with van der Waals surface area (Å²) in [5, 5.41) is 9.45. The Balaban J connectivity index is 1.93. The average Bonchev–Trinajstić information content (AvgIpc) is 2.95. The van der Waals surface area contributed by atoms with Crippen LogP contribution in [0.3, 0.4) is 0 Å². The zero-order valence-corrected chi connectivity index (χ0v) is 15.7. The Labute approximate surface area is 157 Å². The summed E-state index contributed by atoms with van der Waals surface area (Å²) in [7, 11) is -4.06. The van der Waals surface area contributed by atoms with E-state index in [0.29, 0.717) is 17.7 Å². The summed E-state index contributed by atoms with van der Waals surface area (Å²) in [6.07, 6.45) is 0.541. The van der Waals surface area contributed by atoms with Crippen LogP contribution in [0.2, 0.25) is 0 Å². The molecule has 142 valence electrons. The van der Waals surface area contributed by atoms with Crippen molar-refractivity contribution in [3.8, 4) is 0 Å². The van der Waals surface area contributed by atoms with Gasteiger partial charge in [0.05, 0.1) is 4.90 Å². The highest BCUT2D eigenvalue weighted by Gasteiger charge is 2.32. The fraction of sp³-hybridized carbons (Fsp3) is 0.263. The topological polar surface area (TPSA) is 104 Å². The molecule has 0 saturated heterocycles. The summed E-state index contributed by atoms with van der Waals surface area (Å²) in [6, 6.07) is 11.1. The summed E-state index contributed by atoms with van der Waals surface area (Å²) >= 11 is 0. The van der Waals surface area contributed by atoms with Gasteiger partial charge in [0.1, 0.15) is 6.04 Å². The van der Waals surface area contributed by atoms with Gasteiger partial charge in [-0.2, -0.15) is 4.72 Å². The van der Waals surface area contributed by atoms with Crippen molar-refractivity contribution in [2.45, 2.75) is 37.2 Å². The van der Waals surface area contributed by atoms with Gasteiger partial charge in [0.15, 0.2) is 0 Å². The van der Waals surface area contributed by atoms with Gasteiger partial charge in [-0.3, -0.25) is 9.59 Å². The number of sulfonamides is 1. The molecular weight excluding hydrogens is 368 g/mol. The summed E-state index contributed by atoms with van der Waals surface area (Å²) in [5.74, 6) is -1.40. The number of carboxylic acid groups (broad SMARTS) is 1. The molecule has 7 nitrogen and oxygen atoms in total. The molecule has 1 amide bonds. The highest BCUT2D eigenvalue weighted by molar-refractivity contribution is 7.89. The number of rotatable bonds is 5. The molecule has 2 aromatic rings. The molecule has 0 saturated carbocycles. The van der Waals surface area contributed by atoms with E-state index in [-0.39, 0.29) is 16.8 Å². The first kappa shape index (κ1) is 19.1. The van der Waals surface area contributed by atoms with Gasteiger partial charge in [0.2, 0.25) is 15.9 Å². The average molecular weight is 388 g/mol. The predicted octanol–water partition coefficient (Wildman–Crippen LogP) is 2.09. The molecule has 8 heteroatoms. The van der Waals surface area contributed by atoms with Crippen molar-refractivity contribution >= 4 is 27.6 Å². The quantitative estimate of drug-likeness (QED) is 0.816. The van der Waals surface area contributed by atoms with Crippen molar-refractivity contribution in [3.05, 3.63) is 59.7 Å². The minimum absolute atomic E-state index is 0.0268. The molecular formula is C19H20N2O5S. The predicted molar refractivity (Wildman–Crippen MR) is 99.9 cm³/mol. The number of aliphatic carboxylic acids is 1. The minimum atomic E-state index is -4.06. The molecule has 1 heterocycles. The lowest BCUT2D eigenvalue weighted by atomic mass is 10.1. The van der Waals surface area contributed by atoms with Gasteiger partial charge in [-0.15, -0.1) is 0 Å². The van der Waals surface area contributed by atoms with Crippen LogP contribution in [0.15, 0.2) is 53.4 Å². The molecule has 0 fully saturated rings. The maximum absolute atomic E-state index is 12.8. The second-order valence-corrected chi connectivity index (χ2v) is 8.25. The van der Waals surface area contributed by atoms with Crippen molar-refractivity contribution in [1.29, 1.82) is 0 Å². The lowest BCUT2D eigenvalue weighted by molar-refractivity contribution is -0.139. The maximum atomic E-state index is 12.8. The first-order valence-electron chi connectivity index (χ1n) is 8.43. The molecule has 1 aliphatic heterocycles. The third-order valence-corrected chi connectivity index (χ3v) is 5.99. The number of hydrogen-bond donors (Lipinski definition) is 2. The molecule has 0 aromatic heterocycles. The normalized spacial score (nSPS) is 17.4. The van der Waals surface area contributed by atoms with Crippen LogP contribution in [-0.2, 0) is 26.0 Å². The number of amides is 1. The van der Waals surface area contributed by atoms with E-state index < -0.39 is 22.0 Å². The van der Waals surface area contributed by atoms with Gasteiger partial charge in [-0.25, -0.2) is 8.42 Å². The number of benzene rings is 2. The Hall–Kier alpha value is -2.71. The summed E-state index contributed by atoms with van der Waals surface area (Å²) < 4.78 is 27.8. The Kier molecular flexibility index (Phi) is 5.03. The molecule has 0 bridgehead atoms. The first-order valence-corrected chi connectivity index (χ1v) is 9.92. The molecule has 3 rings (SSSR count). The number of anilines is 1. The third kappa shape index (κ3) is 3.72. The van der Waals surface area contributed by atoms with Crippen molar-refractivity contribution in [2.75, 3.05) is 4.90 Å². The first-order chi connectivity index (χ1) is 12.7. The van der Waals surface area contributed by atoms with E-state index in [1.165, 1.54) is 19.1 Å². The monoisotopic (exact) mass is 388 g/mol. The van der Waals surface area contributed by atoms with E-state index in [4.69, 9.17) is 0 Å². The van der Waals surface area contributed by atoms with Crippen LogP contribution in [0.4, 0.5) is 5.69 Å². The van der Waals surface area contributed by atoms with Crippen molar-refractivity contribution in [2.24, 2.45) is 0 Å². The highest BCUT2D eigenvalue weighted by Crippen LogP contribution is 2.34. The Morgan fingerprint density at radius 1 is 1.19 bits per heavy atom. The number of hydrogen-bond acceptors (Lipinski definition) is 4. The van der Waals surface area contributed by atoms with E-state index >= 15 is 0 Å². The molecule has 2 N–H and O–H groups in total. The van der Waals surface area contributed by atoms with Crippen LogP contribution >= 0.6 is 0 Å². The molecule has 27 heavy (non-hydrogen) atoms. The Morgan fingerprint density at radius 3 is 2.44 bits per heavy atom. The maximum Gasteiger partial charge on any atom is 0.326 e. The number of nitrogens with one attached hydrogen (secondary N) is 1. The molecule has 2 aromatic carbocycles. The molecule has 2 atom stereocenters. The molecule has 1 unspecified atom stereocenters. The lowest BCUT2D eigenvalue weighted by Gasteiger charge is -2.20. The van der Waals surface area contributed by atoms with Gasteiger partial charge >= 0.3 is 5.97 Å². The lowest BCUT2D eigenvalue weighted by Crippen LogP contribution is -2.34. The number of nitrogens with zero attached hydrogens (tertiary/aromatic N) is 1. The van der Waals surface area contributed by atoms with Gasteiger partial charge < -0.3 is 10.0 Å². The van der Waals surface area contributed by atoms with Gasteiger partial charge in [0, 0.05) is 18.7 Å². The molecule has 1 aliphatic rings. The van der Waals surface area contributed by atoms with Crippen molar-refractivity contribution in [3.63, 3.8) is 0 Å². The van der Waals surface area contributed by atoms with Crippen LogP contribution in [0.1, 0.15) is 31.0 Å². The van der Waals surface area contributed by atoms with Gasteiger partial charge in [-0.05, 0) is 42.7 Å². The van der Waals surface area contributed by atoms with Crippen LogP contribution in [0.25, 0.3) is 0 Å². The zero-order valence-electron chi connectivity index (χ0n) is 14.9. The Bertz CT molecular complexity index is 988. The molecule has 0 spiro atoms. The summed E-state index contributed by atoms with van der Waals surface area (Å²) in [4.78, 5) is 25.0. The standard InChI is InChI=1S/C19H20N2O5S/c1-12-10-15-11-16(8-9-17(15)21(12)13(2)22)27(25,26)20-18(19(23)24)14-6-4-3-5-7-14/h3-9,11-12,18,20H,10H2,1-2H3,(H,23,24)/t12?,18-/m0/s1. The van der Waals surface area contributed by atoms with E-state index in [9.17, 15) is 23.1 Å². The number of carbonyl (C=O) groups is 2. The molecule has 0 aliphatic carbocycles. The second-order valence-electron chi connectivity index (χ2n) is 6.54. The van der Waals surface area contributed by atoms with Crippen LogP contribution < -0.4 is 9.62 Å². The third-order valence-electron chi connectivity index (χ3n) is 4.57. The fourth-order valence-electron chi connectivity index (χ4n) is 3.38. The van der Waals surface area contributed by atoms with E-state index in [2.05, 4.69) is 4.72 Å². The smallest absolute Gasteiger partial charge is 0.326 e. The van der Waals surface area contributed by atoms with Gasteiger partial charge in [-0.1, -0.05) is 30.3 Å². The van der Waals surface area contributed by atoms with Crippen LogP contribution in [-0.4, -0.2) is 31.4 Å². The Morgan fingerprint density at radius 2 is 1.85 bits per heavy atom. The van der Waals surface area contributed by atoms with Crippen molar-refractivity contribution in [1.82, 2.24) is 4.72 Å². The second kappa shape index (κ2) is 7.13. The van der Waals surface area contributed by atoms with E-state index in [0.717, 1.165) is 5.56 Å². The van der Waals surface area contributed by atoms with Crippen LogP contribution in [0.5, 0.6) is 0 Å². The number of carboxylic acids is 1. The summed E-state index contributed by atoms with van der Waals surface area (Å²) in [6.45, 7) is 3.36. The number of carbonyl (C=O) groups excluding carboxylic acids is 1.